The van der Waals surface area contributed by atoms with Crippen LogP contribution >= 0.6 is 15.9 Å². The summed E-state index contributed by atoms with van der Waals surface area (Å²) in [4.78, 5) is 0. The van der Waals surface area contributed by atoms with Crippen LogP contribution in [-0.2, 0) is 13.2 Å². The van der Waals surface area contributed by atoms with Gasteiger partial charge in [0.2, 0.25) is 0 Å². The number of hydrogen-bond acceptors (Lipinski definition) is 3. The van der Waals surface area contributed by atoms with E-state index in [1.807, 2.05) is 30.3 Å². The first-order chi connectivity index (χ1) is 13.6. The van der Waals surface area contributed by atoms with Crippen molar-refractivity contribution in [2.75, 3.05) is 7.11 Å². The van der Waals surface area contributed by atoms with Gasteiger partial charge in [-0.3, -0.25) is 0 Å². The number of benzene rings is 3. The van der Waals surface area contributed by atoms with Gasteiger partial charge in [0, 0.05) is 28.2 Å². The Morgan fingerprint density at radius 1 is 1.00 bits per heavy atom. The average molecular weight is 444 g/mol. The molecule has 0 amide bonds. The summed E-state index contributed by atoms with van der Waals surface area (Å²) in [5.41, 5.74) is 2.63. The van der Waals surface area contributed by atoms with Crippen LogP contribution in [0.4, 0.5) is 4.39 Å². The topological polar surface area (TPSA) is 30.5 Å². The van der Waals surface area contributed by atoms with Crippen LogP contribution in [0.1, 0.15) is 29.7 Å². The second-order valence-electron chi connectivity index (χ2n) is 6.45. The van der Waals surface area contributed by atoms with Gasteiger partial charge in [0.05, 0.1) is 7.11 Å². The molecule has 3 aromatic rings. The fourth-order valence-electron chi connectivity index (χ4n) is 2.95. The standard InChI is InChI=1S/C23H23BrFNO2/c1-16(17-8-4-3-5-9-17)26-14-19-20(24)12-13-22(27-2)23(19)28-15-18-10-6-7-11-21(18)25/h3-13,16,26H,14-15H2,1-2H3. The summed E-state index contributed by atoms with van der Waals surface area (Å²) in [6, 6.07) is 20.8. The van der Waals surface area contributed by atoms with Crippen molar-refractivity contribution in [1.29, 1.82) is 0 Å². The van der Waals surface area contributed by atoms with Crippen LogP contribution in [0.2, 0.25) is 0 Å². The molecule has 0 radical (unpaired) electrons. The molecule has 1 N–H and O–H groups in total. The fourth-order valence-corrected chi connectivity index (χ4v) is 3.40. The maximum atomic E-state index is 14.0. The van der Waals surface area contributed by atoms with E-state index in [4.69, 9.17) is 9.47 Å². The molecule has 5 heteroatoms. The van der Waals surface area contributed by atoms with Crippen molar-refractivity contribution in [1.82, 2.24) is 5.32 Å². The van der Waals surface area contributed by atoms with E-state index < -0.39 is 0 Å². The van der Waals surface area contributed by atoms with Gasteiger partial charge in [0.1, 0.15) is 12.4 Å². The van der Waals surface area contributed by atoms with Crippen LogP contribution < -0.4 is 14.8 Å². The maximum absolute atomic E-state index is 14.0. The molecule has 0 bridgehead atoms. The van der Waals surface area contributed by atoms with Gasteiger partial charge in [-0.25, -0.2) is 4.39 Å². The molecule has 1 atom stereocenters. The van der Waals surface area contributed by atoms with Gasteiger partial charge in [-0.1, -0.05) is 64.5 Å². The Balaban J connectivity index is 1.80. The van der Waals surface area contributed by atoms with Crippen molar-refractivity contribution in [2.24, 2.45) is 0 Å². The van der Waals surface area contributed by atoms with E-state index in [1.54, 1.807) is 25.3 Å². The molecule has 28 heavy (non-hydrogen) atoms. The quantitative estimate of drug-likeness (QED) is 0.461. The smallest absolute Gasteiger partial charge is 0.167 e. The number of halogens is 2. The largest absolute Gasteiger partial charge is 0.493 e. The molecule has 0 aliphatic rings. The molecule has 3 rings (SSSR count). The van der Waals surface area contributed by atoms with Crippen molar-refractivity contribution in [3.05, 3.63) is 93.7 Å². The van der Waals surface area contributed by atoms with Crippen LogP contribution in [0.3, 0.4) is 0 Å². The minimum atomic E-state index is -0.283. The number of ether oxygens (including phenoxy) is 2. The number of hydrogen-bond donors (Lipinski definition) is 1. The number of methoxy groups -OCH3 is 1. The lowest BCUT2D eigenvalue weighted by Gasteiger charge is -2.20. The average Bonchev–Trinajstić information content (AvgIpc) is 2.73. The van der Waals surface area contributed by atoms with Gasteiger partial charge >= 0.3 is 0 Å². The lowest BCUT2D eigenvalue weighted by Crippen LogP contribution is -2.19. The normalized spacial score (nSPS) is 11.9. The Morgan fingerprint density at radius 2 is 1.71 bits per heavy atom. The van der Waals surface area contributed by atoms with Gasteiger partial charge in [-0.05, 0) is 30.7 Å². The molecule has 0 saturated carbocycles. The third kappa shape index (κ3) is 4.91. The summed E-state index contributed by atoms with van der Waals surface area (Å²) >= 11 is 3.61. The minimum absolute atomic E-state index is 0.126. The van der Waals surface area contributed by atoms with Crippen LogP contribution in [0, 0.1) is 5.82 Å². The summed E-state index contributed by atoms with van der Waals surface area (Å²) < 4.78 is 26.4. The molecule has 3 nitrogen and oxygen atoms in total. The van der Waals surface area contributed by atoms with Gasteiger partial charge in [0.15, 0.2) is 11.5 Å². The van der Waals surface area contributed by atoms with Gasteiger partial charge in [0.25, 0.3) is 0 Å². The first-order valence-electron chi connectivity index (χ1n) is 9.10. The zero-order chi connectivity index (χ0) is 19.9. The molecule has 0 saturated heterocycles. The van der Waals surface area contributed by atoms with Crippen molar-refractivity contribution in [3.8, 4) is 11.5 Å². The van der Waals surface area contributed by atoms with Crippen molar-refractivity contribution in [2.45, 2.75) is 26.1 Å². The fraction of sp³-hybridized carbons (Fsp3) is 0.217. The first kappa shape index (κ1) is 20.4. The molecule has 3 aromatic carbocycles. The van der Waals surface area contributed by atoms with Crippen LogP contribution in [0.25, 0.3) is 0 Å². The van der Waals surface area contributed by atoms with E-state index >= 15 is 0 Å². The van der Waals surface area contributed by atoms with E-state index in [2.05, 4.69) is 40.3 Å². The van der Waals surface area contributed by atoms with Crippen molar-refractivity contribution < 1.29 is 13.9 Å². The predicted molar refractivity (Wildman–Crippen MR) is 113 cm³/mol. The first-order valence-corrected chi connectivity index (χ1v) is 9.89. The Bertz CT molecular complexity index is 918. The second kappa shape index (κ2) is 9.71. The predicted octanol–water partition coefficient (Wildman–Crippen LogP) is 6.03. The maximum Gasteiger partial charge on any atom is 0.167 e. The van der Waals surface area contributed by atoms with Crippen LogP contribution in [0.15, 0.2) is 71.2 Å². The Labute approximate surface area is 173 Å². The highest BCUT2D eigenvalue weighted by Gasteiger charge is 2.16. The third-order valence-corrected chi connectivity index (χ3v) is 5.34. The third-order valence-electron chi connectivity index (χ3n) is 4.60. The van der Waals surface area contributed by atoms with E-state index in [-0.39, 0.29) is 18.5 Å². The van der Waals surface area contributed by atoms with Crippen molar-refractivity contribution in [3.63, 3.8) is 0 Å². The Hall–Kier alpha value is -2.37. The molecular weight excluding hydrogens is 421 g/mol. The molecule has 0 aliphatic heterocycles. The Morgan fingerprint density at radius 3 is 2.43 bits per heavy atom. The second-order valence-corrected chi connectivity index (χ2v) is 7.31. The molecule has 146 valence electrons. The molecule has 0 aliphatic carbocycles. The highest BCUT2D eigenvalue weighted by atomic mass is 79.9. The lowest BCUT2D eigenvalue weighted by atomic mass is 10.1. The SMILES string of the molecule is COc1ccc(Br)c(CNC(C)c2ccccc2)c1OCc1ccccc1F. The number of rotatable bonds is 8. The van der Waals surface area contributed by atoms with Gasteiger partial charge in [-0.2, -0.15) is 0 Å². The molecular formula is C23H23BrFNO2. The van der Waals surface area contributed by atoms with Crippen molar-refractivity contribution >= 4 is 15.9 Å². The summed E-state index contributed by atoms with van der Waals surface area (Å²) in [5, 5.41) is 3.52. The molecule has 0 fully saturated rings. The van der Waals surface area contributed by atoms with E-state index in [0.717, 1.165) is 10.0 Å². The van der Waals surface area contributed by atoms with Gasteiger partial charge < -0.3 is 14.8 Å². The summed E-state index contributed by atoms with van der Waals surface area (Å²) in [5.74, 6) is 0.936. The van der Waals surface area contributed by atoms with E-state index in [1.165, 1.54) is 11.6 Å². The van der Waals surface area contributed by atoms with E-state index in [9.17, 15) is 4.39 Å². The number of nitrogens with one attached hydrogen (secondary N) is 1. The Kier molecular flexibility index (Phi) is 7.06. The summed E-state index contributed by atoms with van der Waals surface area (Å²) in [6.07, 6.45) is 0. The monoisotopic (exact) mass is 443 g/mol. The molecule has 1 unspecified atom stereocenters. The lowest BCUT2D eigenvalue weighted by molar-refractivity contribution is 0.275. The zero-order valence-electron chi connectivity index (χ0n) is 15.9. The van der Waals surface area contributed by atoms with Gasteiger partial charge in [-0.15, -0.1) is 0 Å². The highest BCUT2D eigenvalue weighted by Crippen LogP contribution is 2.37. The van der Waals surface area contributed by atoms with E-state index in [0.29, 0.717) is 23.6 Å². The van der Waals surface area contributed by atoms with Crippen LogP contribution in [-0.4, -0.2) is 7.11 Å². The van der Waals surface area contributed by atoms with Crippen LogP contribution in [0.5, 0.6) is 11.5 Å². The zero-order valence-corrected chi connectivity index (χ0v) is 17.5. The molecule has 0 aromatic heterocycles. The summed E-state index contributed by atoms with van der Waals surface area (Å²) in [6.45, 7) is 2.81. The molecule has 0 spiro atoms. The minimum Gasteiger partial charge on any atom is -0.493 e. The summed E-state index contributed by atoms with van der Waals surface area (Å²) in [7, 11) is 1.60. The molecule has 0 heterocycles. The highest BCUT2D eigenvalue weighted by molar-refractivity contribution is 9.10.